The molecule has 27 heavy (non-hydrogen) atoms. The highest BCUT2D eigenvalue weighted by atomic mass is 16.6. The van der Waals surface area contributed by atoms with Crippen LogP contribution in [0, 0.1) is 16.0 Å². The number of aliphatic hydroxyl groups is 1. The maximum Gasteiger partial charge on any atom is 0.406 e. The largest absolute Gasteiger partial charge is 0.490 e. The van der Waals surface area contributed by atoms with Gasteiger partial charge in [0, 0.05) is 24.4 Å². The van der Waals surface area contributed by atoms with Gasteiger partial charge in [0.2, 0.25) is 0 Å². The highest BCUT2D eigenvalue weighted by molar-refractivity contribution is 5.66. The SMILES string of the molecule is CNC(=O)OCC1(O)CCC(C2C=c3cc([N+](=O)[O-])c(OC)cc3=N2)CC1. The second-order valence-electron chi connectivity index (χ2n) is 7.01. The molecule has 0 saturated heterocycles. The molecule has 9 heteroatoms. The zero-order chi connectivity index (χ0) is 19.6. The molecule has 1 saturated carbocycles. The van der Waals surface area contributed by atoms with Crippen LogP contribution in [-0.2, 0) is 4.74 Å². The van der Waals surface area contributed by atoms with Crippen molar-refractivity contribution in [3.63, 3.8) is 0 Å². The van der Waals surface area contributed by atoms with Crippen molar-refractivity contribution in [3.05, 3.63) is 32.8 Å². The van der Waals surface area contributed by atoms with Gasteiger partial charge in [-0.15, -0.1) is 0 Å². The van der Waals surface area contributed by atoms with E-state index in [-0.39, 0.29) is 30.0 Å². The molecule has 9 nitrogen and oxygen atoms in total. The van der Waals surface area contributed by atoms with E-state index < -0.39 is 16.6 Å². The van der Waals surface area contributed by atoms with Gasteiger partial charge >= 0.3 is 11.8 Å². The summed E-state index contributed by atoms with van der Waals surface area (Å²) in [6.45, 7) is -0.0332. The van der Waals surface area contributed by atoms with E-state index in [2.05, 4.69) is 10.3 Å². The van der Waals surface area contributed by atoms with E-state index in [9.17, 15) is 20.0 Å². The van der Waals surface area contributed by atoms with Crippen LogP contribution in [0.1, 0.15) is 25.7 Å². The second-order valence-corrected chi connectivity index (χ2v) is 7.01. The number of methoxy groups -OCH3 is 1. The van der Waals surface area contributed by atoms with Crippen molar-refractivity contribution in [2.45, 2.75) is 37.3 Å². The quantitative estimate of drug-likeness (QED) is 0.574. The number of ether oxygens (including phenoxy) is 2. The molecule has 0 aromatic heterocycles. The summed E-state index contributed by atoms with van der Waals surface area (Å²) in [6.07, 6.45) is 3.85. The van der Waals surface area contributed by atoms with E-state index in [0.29, 0.717) is 18.2 Å². The fourth-order valence-electron chi connectivity index (χ4n) is 3.68. The molecule has 1 aliphatic carbocycles. The summed E-state index contributed by atoms with van der Waals surface area (Å²) in [7, 11) is 2.87. The van der Waals surface area contributed by atoms with Gasteiger partial charge in [0.25, 0.3) is 0 Å². The number of nitro groups is 1. The number of benzene rings is 1. The Labute approximate surface area is 155 Å². The standard InChI is InChI=1S/C18H23N3O6/c1-19-17(22)27-10-18(23)5-3-11(4-6-18)13-7-12-8-15(21(24)25)16(26-2)9-14(12)20-13/h7-9,11,13,23H,3-6,10H2,1-2H3,(H,19,22). The van der Waals surface area contributed by atoms with Crippen LogP contribution in [0.25, 0.3) is 6.08 Å². The van der Waals surface area contributed by atoms with E-state index in [1.807, 2.05) is 6.08 Å². The van der Waals surface area contributed by atoms with E-state index in [1.54, 1.807) is 6.07 Å². The number of carbonyl (C=O) groups is 1. The van der Waals surface area contributed by atoms with Gasteiger partial charge in [-0.25, -0.2) is 4.79 Å². The number of hydrogen-bond donors (Lipinski definition) is 2. The third-order valence-corrected chi connectivity index (χ3v) is 5.28. The highest BCUT2D eigenvalue weighted by Crippen LogP contribution is 2.36. The minimum absolute atomic E-state index is 0.0332. The number of nitrogens with zero attached hydrogens (tertiary/aromatic N) is 2. The van der Waals surface area contributed by atoms with E-state index in [4.69, 9.17) is 9.47 Å². The Morgan fingerprint density at radius 1 is 1.44 bits per heavy atom. The summed E-state index contributed by atoms with van der Waals surface area (Å²) < 4.78 is 10.1. The summed E-state index contributed by atoms with van der Waals surface area (Å²) in [5, 5.41) is 25.5. The molecule has 146 valence electrons. The second kappa shape index (κ2) is 7.51. The number of amides is 1. The predicted octanol–water partition coefficient (Wildman–Crippen LogP) is 0.663. The first kappa shape index (κ1) is 19.1. The van der Waals surface area contributed by atoms with Crippen LogP contribution in [0.2, 0.25) is 0 Å². The Morgan fingerprint density at radius 2 is 2.15 bits per heavy atom. The van der Waals surface area contributed by atoms with Crippen LogP contribution in [0.4, 0.5) is 10.5 Å². The molecule has 1 aromatic carbocycles. The van der Waals surface area contributed by atoms with Crippen LogP contribution in [-0.4, -0.2) is 48.5 Å². The van der Waals surface area contributed by atoms with Crippen molar-refractivity contribution in [1.82, 2.24) is 5.32 Å². The van der Waals surface area contributed by atoms with Crippen molar-refractivity contribution < 1.29 is 24.3 Å². The molecule has 3 rings (SSSR count). The number of nitro benzene ring substituents is 1. The van der Waals surface area contributed by atoms with Gasteiger partial charge in [-0.3, -0.25) is 15.1 Å². The molecule has 0 spiro atoms. The molecule has 1 unspecified atom stereocenters. The van der Waals surface area contributed by atoms with Crippen molar-refractivity contribution in [1.29, 1.82) is 0 Å². The zero-order valence-corrected chi connectivity index (χ0v) is 15.3. The number of rotatable bonds is 5. The minimum Gasteiger partial charge on any atom is -0.490 e. The molecule has 2 N–H and O–H groups in total. The lowest BCUT2D eigenvalue weighted by Crippen LogP contribution is -2.41. The summed E-state index contributed by atoms with van der Waals surface area (Å²) in [5.41, 5.74) is -1.09. The van der Waals surface area contributed by atoms with Gasteiger partial charge in [-0.1, -0.05) is 6.08 Å². The van der Waals surface area contributed by atoms with Gasteiger partial charge in [0.15, 0.2) is 5.75 Å². The lowest BCUT2D eigenvalue weighted by Gasteiger charge is -2.36. The molecular weight excluding hydrogens is 354 g/mol. The van der Waals surface area contributed by atoms with Gasteiger partial charge in [-0.05, 0) is 31.6 Å². The third kappa shape index (κ3) is 4.02. The molecule has 0 radical (unpaired) electrons. The maximum atomic E-state index is 11.2. The molecule has 1 amide bonds. The molecule has 1 atom stereocenters. The Morgan fingerprint density at radius 3 is 2.74 bits per heavy atom. The fraction of sp³-hybridized carbons (Fsp3) is 0.556. The monoisotopic (exact) mass is 377 g/mol. The number of hydrogen-bond acceptors (Lipinski definition) is 7. The lowest BCUT2D eigenvalue weighted by molar-refractivity contribution is -0.385. The average Bonchev–Trinajstić information content (AvgIpc) is 3.08. The molecule has 2 aliphatic rings. The summed E-state index contributed by atoms with van der Waals surface area (Å²) >= 11 is 0. The highest BCUT2D eigenvalue weighted by Gasteiger charge is 2.37. The fourth-order valence-corrected chi connectivity index (χ4v) is 3.68. The first-order valence-corrected chi connectivity index (χ1v) is 8.84. The summed E-state index contributed by atoms with van der Waals surface area (Å²) in [5.74, 6) is 0.420. The van der Waals surface area contributed by atoms with Gasteiger partial charge in [0.1, 0.15) is 6.61 Å². The number of nitrogens with one attached hydrogen (secondary N) is 1. The number of carbonyl (C=O) groups excluding carboxylic acids is 1. The normalized spacial score (nSPS) is 26.3. The topological polar surface area (TPSA) is 123 Å². The Bertz CT molecular complexity index is 861. The van der Waals surface area contributed by atoms with Crippen molar-refractivity contribution >= 4 is 17.9 Å². The van der Waals surface area contributed by atoms with E-state index in [1.165, 1.54) is 20.2 Å². The Balaban J connectivity index is 1.70. The summed E-state index contributed by atoms with van der Waals surface area (Å²) in [4.78, 5) is 26.6. The maximum absolute atomic E-state index is 11.2. The number of fused-ring (bicyclic) bond motifs is 1. The summed E-state index contributed by atoms with van der Waals surface area (Å²) in [6, 6.07) is 3.00. The molecule has 1 heterocycles. The number of alkyl carbamates (subject to hydrolysis) is 1. The molecule has 0 bridgehead atoms. The van der Waals surface area contributed by atoms with Crippen molar-refractivity contribution in [2.75, 3.05) is 20.8 Å². The third-order valence-electron chi connectivity index (χ3n) is 5.28. The molecular formula is C18H23N3O6. The average molecular weight is 377 g/mol. The van der Waals surface area contributed by atoms with Gasteiger partial charge < -0.3 is 19.9 Å². The first-order chi connectivity index (χ1) is 12.8. The molecule has 1 aromatic rings. The van der Waals surface area contributed by atoms with E-state index in [0.717, 1.165) is 18.1 Å². The van der Waals surface area contributed by atoms with Crippen LogP contribution in [0.5, 0.6) is 5.75 Å². The first-order valence-electron chi connectivity index (χ1n) is 8.84. The minimum atomic E-state index is -1.02. The van der Waals surface area contributed by atoms with Gasteiger partial charge in [-0.2, -0.15) is 0 Å². The molecule has 1 fully saturated rings. The van der Waals surface area contributed by atoms with Crippen molar-refractivity contribution in [3.8, 4) is 5.75 Å². The molecule has 1 aliphatic heterocycles. The van der Waals surface area contributed by atoms with E-state index >= 15 is 0 Å². The van der Waals surface area contributed by atoms with Crippen LogP contribution >= 0.6 is 0 Å². The Kier molecular flexibility index (Phi) is 5.31. The van der Waals surface area contributed by atoms with Crippen LogP contribution in [0.15, 0.2) is 17.1 Å². The lowest BCUT2D eigenvalue weighted by atomic mass is 9.76. The van der Waals surface area contributed by atoms with Crippen LogP contribution < -0.4 is 20.6 Å². The van der Waals surface area contributed by atoms with Crippen molar-refractivity contribution in [2.24, 2.45) is 10.9 Å². The smallest absolute Gasteiger partial charge is 0.406 e. The zero-order valence-electron chi connectivity index (χ0n) is 15.3. The van der Waals surface area contributed by atoms with Crippen LogP contribution in [0.3, 0.4) is 0 Å². The predicted molar refractivity (Wildman–Crippen MR) is 96.0 cm³/mol. The Hall–Kier alpha value is -2.68. The van der Waals surface area contributed by atoms with Gasteiger partial charge in [0.05, 0.1) is 29.0 Å².